The van der Waals surface area contributed by atoms with Gasteiger partial charge in [-0.05, 0) is 38.0 Å². The van der Waals surface area contributed by atoms with Crippen molar-refractivity contribution in [2.75, 3.05) is 17.2 Å². The van der Waals surface area contributed by atoms with Gasteiger partial charge in [0.15, 0.2) is 5.72 Å². The number of aryl methyl sites for hydroxylation is 1. The molecule has 172 valence electrons. The second kappa shape index (κ2) is 8.67. The van der Waals surface area contributed by atoms with Gasteiger partial charge in [0, 0.05) is 18.7 Å². The van der Waals surface area contributed by atoms with Crippen molar-refractivity contribution in [2.45, 2.75) is 38.1 Å². The molecule has 4 heterocycles. The van der Waals surface area contributed by atoms with Crippen LogP contribution in [-0.2, 0) is 6.54 Å². The zero-order chi connectivity index (χ0) is 23.0. The first-order chi connectivity index (χ1) is 16.0. The summed E-state index contributed by atoms with van der Waals surface area (Å²) in [4.78, 5) is 18.0. The van der Waals surface area contributed by atoms with E-state index >= 15 is 0 Å². The number of furan rings is 1. The molecule has 3 atom stereocenters. The fraction of sp³-hybridized carbons (Fsp3) is 0.364. The Morgan fingerprint density at radius 2 is 2.15 bits per heavy atom. The summed E-state index contributed by atoms with van der Waals surface area (Å²) >= 11 is 1.47. The summed E-state index contributed by atoms with van der Waals surface area (Å²) in [6, 6.07) is 5.53. The van der Waals surface area contributed by atoms with Crippen molar-refractivity contribution in [2.24, 2.45) is 5.92 Å². The zero-order valence-corrected chi connectivity index (χ0v) is 18.7. The largest absolute Gasteiger partial charge is 0.467 e. The molecule has 5 rings (SSSR count). The monoisotopic (exact) mass is 468 g/mol. The molecule has 0 radical (unpaired) electrons. The summed E-state index contributed by atoms with van der Waals surface area (Å²) in [7, 11) is 0. The van der Waals surface area contributed by atoms with Gasteiger partial charge >= 0.3 is 0 Å². The molecule has 5 N–H and O–H groups in total. The molecule has 0 aliphatic heterocycles. The molecule has 3 unspecified atom stereocenters. The number of nitrogens with one attached hydrogen (secondary N) is 2. The number of anilines is 2. The Balaban J connectivity index is 1.55. The highest BCUT2D eigenvalue weighted by atomic mass is 32.1. The highest BCUT2D eigenvalue weighted by Gasteiger charge is 2.47. The highest BCUT2D eigenvalue weighted by molar-refractivity contribution is 7.21. The minimum atomic E-state index is -1.64. The molecule has 4 aromatic rings. The van der Waals surface area contributed by atoms with Crippen molar-refractivity contribution in [3.63, 3.8) is 0 Å². The van der Waals surface area contributed by atoms with Crippen molar-refractivity contribution in [3.05, 3.63) is 48.3 Å². The fourth-order valence-corrected chi connectivity index (χ4v) is 5.13. The van der Waals surface area contributed by atoms with E-state index in [1.807, 2.05) is 19.1 Å². The predicted molar refractivity (Wildman–Crippen MR) is 124 cm³/mol. The molecular formula is C22H24N6O4S. The molecule has 0 aromatic carbocycles. The maximum atomic E-state index is 11.2. The third kappa shape index (κ3) is 4.15. The van der Waals surface area contributed by atoms with Crippen molar-refractivity contribution in [3.8, 4) is 10.6 Å². The lowest BCUT2D eigenvalue weighted by Crippen LogP contribution is -2.48. The van der Waals surface area contributed by atoms with Crippen molar-refractivity contribution >= 4 is 33.3 Å². The van der Waals surface area contributed by atoms with Gasteiger partial charge in [0.25, 0.3) is 0 Å². The number of aliphatic hydroxyl groups excluding tert-OH is 2. The number of pyridine rings is 1. The fourth-order valence-electron chi connectivity index (χ4n) is 4.10. The van der Waals surface area contributed by atoms with Gasteiger partial charge in [-0.3, -0.25) is 4.98 Å². The lowest BCUT2D eigenvalue weighted by molar-refractivity contribution is -0.0545. The van der Waals surface area contributed by atoms with E-state index in [1.165, 1.54) is 11.3 Å². The van der Waals surface area contributed by atoms with Gasteiger partial charge in [0.2, 0.25) is 5.95 Å². The molecule has 10 nitrogen and oxygen atoms in total. The SMILES string of the molecule is Cc1nc(NCc2ccco2)nc(NC2(O)CCC(CO)C2O)c1-c1nc2cnccc2s1. The van der Waals surface area contributed by atoms with Gasteiger partial charge in [0.05, 0.1) is 35.0 Å². The maximum Gasteiger partial charge on any atom is 0.225 e. The Labute approximate surface area is 193 Å². The van der Waals surface area contributed by atoms with Crippen molar-refractivity contribution in [1.82, 2.24) is 19.9 Å². The van der Waals surface area contributed by atoms with E-state index in [1.54, 1.807) is 24.7 Å². The van der Waals surface area contributed by atoms with E-state index in [4.69, 9.17) is 4.42 Å². The molecule has 33 heavy (non-hydrogen) atoms. The second-order valence-electron chi connectivity index (χ2n) is 8.13. The zero-order valence-electron chi connectivity index (χ0n) is 17.9. The molecule has 0 spiro atoms. The van der Waals surface area contributed by atoms with Gasteiger partial charge in [-0.15, -0.1) is 11.3 Å². The number of fused-ring (bicyclic) bond motifs is 1. The lowest BCUT2D eigenvalue weighted by Gasteiger charge is -2.31. The van der Waals surface area contributed by atoms with Gasteiger partial charge in [-0.2, -0.15) is 4.98 Å². The van der Waals surface area contributed by atoms with Crippen LogP contribution in [0.25, 0.3) is 20.8 Å². The molecule has 4 aromatic heterocycles. The second-order valence-corrected chi connectivity index (χ2v) is 9.16. The molecule has 11 heteroatoms. The number of rotatable bonds is 7. The summed E-state index contributed by atoms with van der Waals surface area (Å²) in [5.74, 6) is 0.993. The van der Waals surface area contributed by atoms with Crippen LogP contribution in [0.1, 0.15) is 24.3 Å². The minimum absolute atomic E-state index is 0.207. The standard InChI is InChI=1S/C22H24N6O4S/c1-12-17(20-26-15-10-23-7-5-16(15)33-20)19(28-22(31)6-4-13(11-29)18(22)30)27-21(25-12)24-9-14-3-2-8-32-14/h2-3,5,7-8,10,13,18,29-31H,4,6,9,11H2,1H3,(H2,24,25,27,28). The van der Waals surface area contributed by atoms with Crippen LogP contribution in [0.5, 0.6) is 0 Å². The van der Waals surface area contributed by atoms with E-state index in [0.29, 0.717) is 41.0 Å². The Morgan fingerprint density at radius 3 is 2.88 bits per heavy atom. The van der Waals surface area contributed by atoms with E-state index in [2.05, 4.69) is 30.6 Å². The Kier molecular flexibility index (Phi) is 5.71. The average Bonchev–Trinajstić information content (AvgIpc) is 3.52. The topological polar surface area (TPSA) is 149 Å². The van der Waals surface area contributed by atoms with Crippen LogP contribution >= 0.6 is 11.3 Å². The van der Waals surface area contributed by atoms with Crippen LogP contribution in [0.3, 0.4) is 0 Å². The maximum absolute atomic E-state index is 11.2. The lowest BCUT2D eigenvalue weighted by atomic mass is 10.0. The van der Waals surface area contributed by atoms with Crippen LogP contribution in [0.2, 0.25) is 0 Å². The van der Waals surface area contributed by atoms with E-state index in [0.717, 1.165) is 16.0 Å². The summed E-state index contributed by atoms with van der Waals surface area (Å²) in [6.45, 7) is 2.02. The normalized spacial score (nSPS) is 22.7. The third-order valence-electron chi connectivity index (χ3n) is 5.90. The molecule has 0 amide bonds. The minimum Gasteiger partial charge on any atom is -0.467 e. The van der Waals surface area contributed by atoms with Gasteiger partial charge in [-0.25, -0.2) is 9.97 Å². The molecule has 0 saturated heterocycles. The van der Waals surface area contributed by atoms with Gasteiger partial charge in [-0.1, -0.05) is 0 Å². The molecule has 1 aliphatic carbocycles. The first kappa shape index (κ1) is 21.7. The van der Waals surface area contributed by atoms with Crippen LogP contribution in [0.4, 0.5) is 11.8 Å². The van der Waals surface area contributed by atoms with Gasteiger partial charge < -0.3 is 30.4 Å². The number of aliphatic hydroxyl groups is 3. The summed E-state index contributed by atoms with van der Waals surface area (Å²) < 4.78 is 6.32. The summed E-state index contributed by atoms with van der Waals surface area (Å²) in [6.07, 6.45) is 4.59. The number of thiazole rings is 1. The Hall–Kier alpha value is -3.12. The Morgan fingerprint density at radius 1 is 1.27 bits per heavy atom. The molecular weight excluding hydrogens is 444 g/mol. The highest BCUT2D eigenvalue weighted by Crippen LogP contribution is 2.40. The number of hydrogen-bond donors (Lipinski definition) is 5. The summed E-state index contributed by atoms with van der Waals surface area (Å²) in [5.41, 5.74) is 0.395. The van der Waals surface area contributed by atoms with E-state index in [-0.39, 0.29) is 13.0 Å². The molecule has 1 fully saturated rings. The third-order valence-corrected chi connectivity index (χ3v) is 6.95. The van der Waals surface area contributed by atoms with Crippen LogP contribution in [-0.4, -0.2) is 53.7 Å². The first-order valence-electron chi connectivity index (χ1n) is 10.6. The average molecular weight is 469 g/mol. The number of aromatic nitrogens is 4. The van der Waals surface area contributed by atoms with Crippen molar-refractivity contribution < 1.29 is 19.7 Å². The van der Waals surface area contributed by atoms with Crippen LogP contribution in [0, 0.1) is 12.8 Å². The molecule has 1 saturated carbocycles. The van der Waals surface area contributed by atoms with Crippen LogP contribution in [0.15, 0.2) is 41.3 Å². The molecule has 1 aliphatic rings. The predicted octanol–water partition coefficient (Wildman–Crippen LogP) is 2.53. The number of hydrogen-bond acceptors (Lipinski definition) is 11. The number of nitrogens with zero attached hydrogens (tertiary/aromatic N) is 4. The Bertz CT molecular complexity index is 1230. The van der Waals surface area contributed by atoms with Crippen molar-refractivity contribution in [1.29, 1.82) is 0 Å². The van der Waals surface area contributed by atoms with Gasteiger partial charge in [0.1, 0.15) is 28.2 Å². The first-order valence-corrected chi connectivity index (χ1v) is 11.4. The quantitative estimate of drug-likeness (QED) is 0.256. The molecule has 0 bridgehead atoms. The van der Waals surface area contributed by atoms with Crippen LogP contribution < -0.4 is 10.6 Å². The summed E-state index contributed by atoms with van der Waals surface area (Å²) in [5, 5.41) is 38.2. The van der Waals surface area contributed by atoms with E-state index < -0.39 is 17.7 Å². The van der Waals surface area contributed by atoms with E-state index in [9.17, 15) is 15.3 Å². The smallest absolute Gasteiger partial charge is 0.225 e.